The Morgan fingerprint density at radius 3 is 2.74 bits per heavy atom. The van der Waals surface area contributed by atoms with Crippen LogP contribution in [-0.4, -0.2) is 36.9 Å². The maximum Gasteiger partial charge on any atom is 0.414 e. The number of aliphatic hydroxyl groups excluding tert-OH is 1. The van der Waals surface area contributed by atoms with Gasteiger partial charge in [-0.2, -0.15) is 13.2 Å². The molecule has 2 N–H and O–H groups in total. The van der Waals surface area contributed by atoms with Gasteiger partial charge in [0, 0.05) is 11.2 Å². The lowest BCUT2D eigenvalue weighted by Gasteiger charge is -2.14. The van der Waals surface area contributed by atoms with E-state index in [0.29, 0.717) is 10.6 Å². The summed E-state index contributed by atoms with van der Waals surface area (Å²) >= 11 is 1.26. The van der Waals surface area contributed by atoms with E-state index in [1.54, 1.807) is 20.1 Å². The number of hydrogen-bond donors (Lipinski definition) is 2. The number of thiophene rings is 1. The molecule has 0 saturated carbocycles. The van der Waals surface area contributed by atoms with Crippen LogP contribution >= 0.6 is 11.3 Å². The predicted octanol–water partition coefficient (Wildman–Crippen LogP) is 3.26. The molecule has 1 aromatic heterocycles. The number of nitrogens with one attached hydrogen (secondary N) is 1. The minimum Gasteiger partial charge on any atom is -0.497 e. The SMILES string of the molecule is COc1ccc2sc(C(=O)NCC[C@@H](O)C(F)(F)F)c(C)c2c1. The van der Waals surface area contributed by atoms with Crippen LogP contribution < -0.4 is 10.1 Å². The zero-order valence-corrected chi connectivity index (χ0v) is 13.3. The summed E-state index contributed by atoms with van der Waals surface area (Å²) in [5.74, 6) is 0.218. The first-order chi connectivity index (χ1) is 10.7. The number of aryl methyl sites for hydroxylation is 1. The van der Waals surface area contributed by atoms with E-state index in [1.807, 2.05) is 12.1 Å². The Morgan fingerprint density at radius 1 is 1.43 bits per heavy atom. The van der Waals surface area contributed by atoms with Gasteiger partial charge >= 0.3 is 6.18 Å². The van der Waals surface area contributed by atoms with E-state index in [1.165, 1.54) is 11.3 Å². The topological polar surface area (TPSA) is 58.6 Å². The molecule has 23 heavy (non-hydrogen) atoms. The Morgan fingerprint density at radius 2 is 2.13 bits per heavy atom. The van der Waals surface area contributed by atoms with Crippen LogP contribution in [0, 0.1) is 6.92 Å². The first-order valence-corrected chi connectivity index (χ1v) is 7.65. The van der Waals surface area contributed by atoms with Crippen LogP contribution in [0.15, 0.2) is 18.2 Å². The quantitative estimate of drug-likeness (QED) is 0.873. The average molecular weight is 347 g/mol. The van der Waals surface area contributed by atoms with E-state index in [4.69, 9.17) is 9.84 Å². The van der Waals surface area contributed by atoms with Gasteiger partial charge in [0.05, 0.1) is 12.0 Å². The number of carbonyl (C=O) groups excluding carboxylic acids is 1. The molecule has 0 aliphatic heterocycles. The summed E-state index contributed by atoms with van der Waals surface area (Å²) in [4.78, 5) is 12.6. The van der Waals surface area contributed by atoms with Crippen molar-refractivity contribution < 1.29 is 27.8 Å². The highest BCUT2D eigenvalue weighted by molar-refractivity contribution is 7.21. The molecule has 0 bridgehead atoms. The summed E-state index contributed by atoms with van der Waals surface area (Å²) in [6.45, 7) is 1.52. The van der Waals surface area contributed by atoms with E-state index in [2.05, 4.69) is 5.32 Å². The van der Waals surface area contributed by atoms with E-state index in [-0.39, 0.29) is 6.54 Å². The number of ether oxygens (including phenoxy) is 1. The van der Waals surface area contributed by atoms with Gasteiger partial charge in [0.1, 0.15) is 5.75 Å². The number of rotatable bonds is 5. The summed E-state index contributed by atoms with van der Waals surface area (Å²) in [5.41, 5.74) is 0.748. The molecule has 0 aliphatic rings. The molecule has 0 spiro atoms. The monoisotopic (exact) mass is 347 g/mol. The Hall–Kier alpha value is -1.80. The Kier molecular flexibility index (Phi) is 5.16. The van der Waals surface area contributed by atoms with Crippen LogP contribution in [-0.2, 0) is 0 Å². The van der Waals surface area contributed by atoms with Crippen molar-refractivity contribution in [2.45, 2.75) is 25.6 Å². The smallest absolute Gasteiger partial charge is 0.414 e. The van der Waals surface area contributed by atoms with Gasteiger partial charge in [0.15, 0.2) is 6.10 Å². The molecule has 1 amide bonds. The molecule has 2 rings (SSSR count). The maximum absolute atomic E-state index is 12.2. The van der Waals surface area contributed by atoms with Gasteiger partial charge in [-0.1, -0.05) is 0 Å². The van der Waals surface area contributed by atoms with Crippen molar-refractivity contribution in [3.63, 3.8) is 0 Å². The van der Waals surface area contributed by atoms with Gasteiger partial charge in [-0.15, -0.1) is 11.3 Å². The number of carbonyl (C=O) groups is 1. The van der Waals surface area contributed by atoms with Crippen molar-refractivity contribution in [2.24, 2.45) is 0 Å². The average Bonchev–Trinajstić information content (AvgIpc) is 2.82. The zero-order valence-electron chi connectivity index (χ0n) is 12.5. The minimum absolute atomic E-state index is 0.253. The molecule has 0 saturated heterocycles. The van der Waals surface area contributed by atoms with Gasteiger partial charge in [-0.3, -0.25) is 4.79 Å². The summed E-state index contributed by atoms with van der Waals surface area (Å²) in [7, 11) is 1.54. The van der Waals surface area contributed by atoms with Gasteiger partial charge in [-0.05, 0) is 42.5 Å². The number of methoxy groups -OCH3 is 1. The fourth-order valence-corrected chi connectivity index (χ4v) is 3.22. The van der Waals surface area contributed by atoms with Crippen molar-refractivity contribution in [3.8, 4) is 5.75 Å². The zero-order chi connectivity index (χ0) is 17.2. The molecule has 1 heterocycles. The van der Waals surface area contributed by atoms with E-state index < -0.39 is 24.6 Å². The fourth-order valence-electron chi connectivity index (χ4n) is 2.11. The van der Waals surface area contributed by atoms with Crippen LogP contribution in [0.2, 0.25) is 0 Å². The van der Waals surface area contributed by atoms with Crippen molar-refractivity contribution in [3.05, 3.63) is 28.6 Å². The largest absolute Gasteiger partial charge is 0.497 e. The number of amides is 1. The summed E-state index contributed by atoms with van der Waals surface area (Å²) in [6, 6.07) is 5.42. The second-order valence-electron chi connectivity index (χ2n) is 5.02. The first-order valence-electron chi connectivity index (χ1n) is 6.84. The molecule has 0 aliphatic carbocycles. The van der Waals surface area contributed by atoms with E-state index in [9.17, 15) is 18.0 Å². The van der Waals surface area contributed by atoms with Crippen LogP contribution in [0.3, 0.4) is 0 Å². The highest BCUT2D eigenvalue weighted by Gasteiger charge is 2.37. The Labute approximate surface area is 134 Å². The lowest BCUT2D eigenvalue weighted by molar-refractivity contribution is -0.204. The first kappa shape index (κ1) is 17.6. The Bertz CT molecular complexity index is 712. The van der Waals surface area contributed by atoms with Crippen LogP contribution in [0.25, 0.3) is 10.1 Å². The highest BCUT2D eigenvalue weighted by Crippen LogP contribution is 2.33. The lowest BCUT2D eigenvalue weighted by Crippen LogP contribution is -2.34. The second-order valence-corrected chi connectivity index (χ2v) is 6.07. The molecular formula is C15H16F3NO3S. The molecule has 0 unspecified atom stereocenters. The van der Waals surface area contributed by atoms with Crippen molar-refractivity contribution in [1.29, 1.82) is 0 Å². The highest BCUT2D eigenvalue weighted by atomic mass is 32.1. The Balaban J connectivity index is 2.08. The van der Waals surface area contributed by atoms with Crippen LogP contribution in [0.1, 0.15) is 21.7 Å². The normalized spacial score (nSPS) is 13.1. The second kappa shape index (κ2) is 6.76. The summed E-state index contributed by atoms with van der Waals surface area (Å²) in [5, 5.41) is 12.2. The molecule has 126 valence electrons. The number of alkyl halides is 3. The summed E-state index contributed by atoms with van der Waals surface area (Å²) < 4.78 is 42.6. The molecule has 0 fully saturated rings. The number of halogens is 3. The molecule has 1 aromatic carbocycles. The standard InChI is InChI=1S/C15H16F3NO3S/c1-8-10-7-9(22-2)3-4-11(10)23-13(8)14(21)19-6-5-12(20)15(16,17)18/h3-4,7,12,20H,5-6H2,1-2H3,(H,19,21)/t12-/m1/s1. The number of hydrogen-bond acceptors (Lipinski definition) is 4. The van der Waals surface area contributed by atoms with Crippen LogP contribution in [0.5, 0.6) is 5.75 Å². The molecule has 2 aromatic rings. The van der Waals surface area contributed by atoms with Gasteiger partial charge < -0.3 is 15.2 Å². The summed E-state index contributed by atoms with van der Waals surface area (Å²) in [6.07, 6.45) is -7.68. The third-order valence-corrected chi connectivity index (χ3v) is 4.70. The van der Waals surface area contributed by atoms with Crippen molar-refractivity contribution in [1.82, 2.24) is 5.32 Å². The number of aliphatic hydroxyl groups is 1. The van der Waals surface area contributed by atoms with Gasteiger partial charge in [-0.25, -0.2) is 0 Å². The van der Waals surface area contributed by atoms with Crippen molar-refractivity contribution >= 4 is 27.3 Å². The molecule has 4 nitrogen and oxygen atoms in total. The molecule has 1 atom stereocenters. The predicted molar refractivity (Wildman–Crippen MR) is 82.1 cm³/mol. The minimum atomic E-state index is -4.67. The molecule has 0 radical (unpaired) electrons. The third-order valence-electron chi connectivity index (χ3n) is 3.43. The van der Waals surface area contributed by atoms with Crippen molar-refractivity contribution in [2.75, 3.05) is 13.7 Å². The van der Waals surface area contributed by atoms with Gasteiger partial charge in [0.2, 0.25) is 0 Å². The molecule has 8 heteroatoms. The van der Waals surface area contributed by atoms with E-state index in [0.717, 1.165) is 15.6 Å². The van der Waals surface area contributed by atoms with E-state index >= 15 is 0 Å². The van der Waals surface area contributed by atoms with Gasteiger partial charge in [0.25, 0.3) is 5.91 Å². The van der Waals surface area contributed by atoms with Crippen LogP contribution in [0.4, 0.5) is 13.2 Å². The lowest BCUT2D eigenvalue weighted by atomic mass is 10.1. The number of benzene rings is 1. The maximum atomic E-state index is 12.2. The number of fused-ring (bicyclic) bond motifs is 1. The molecular weight excluding hydrogens is 331 g/mol. The fraction of sp³-hybridized carbons (Fsp3) is 0.400. The third kappa shape index (κ3) is 3.94.